The number of alkyl halides is 3. The Labute approximate surface area is 121 Å². The van der Waals surface area contributed by atoms with Gasteiger partial charge in [-0.3, -0.25) is 0 Å². The minimum Gasteiger partial charge on any atom is -1.00 e. The van der Waals surface area contributed by atoms with Crippen molar-refractivity contribution in [2.24, 2.45) is 0 Å². The Bertz CT molecular complexity index is 696. The summed E-state index contributed by atoms with van der Waals surface area (Å²) >= 11 is 5.80. The number of halogens is 5. The highest BCUT2D eigenvalue weighted by Gasteiger charge is 2.48. The molecular weight excluding hydrogens is 316 g/mol. The van der Waals surface area contributed by atoms with Gasteiger partial charge in [0.15, 0.2) is 9.58 Å². The predicted molar refractivity (Wildman–Crippen MR) is 69.9 cm³/mol. The van der Waals surface area contributed by atoms with Gasteiger partial charge in [0.25, 0.3) is 0 Å². The molecule has 0 saturated heterocycles. The first kappa shape index (κ1) is 14.4. The van der Waals surface area contributed by atoms with Crippen LogP contribution in [0.15, 0.2) is 42.5 Å². The van der Waals surface area contributed by atoms with Crippen LogP contribution in [0.4, 0.5) is 13.2 Å². The van der Waals surface area contributed by atoms with Crippen LogP contribution in [0.3, 0.4) is 0 Å². The van der Waals surface area contributed by atoms with Gasteiger partial charge in [-0.05, 0) is 24.3 Å². The molecule has 0 fully saturated rings. The number of thiophene rings is 1. The minimum absolute atomic E-state index is 0. The first-order valence-corrected chi connectivity index (χ1v) is 6.78. The highest BCUT2D eigenvalue weighted by atomic mass is 35.5. The topological polar surface area (TPSA) is 0 Å². The van der Waals surface area contributed by atoms with E-state index in [2.05, 4.69) is 0 Å². The summed E-state index contributed by atoms with van der Waals surface area (Å²) in [5.41, 5.74) is -3.62. The normalized spacial score (nSPS) is 14.9. The Morgan fingerprint density at radius 2 is 1.79 bits per heavy atom. The summed E-state index contributed by atoms with van der Waals surface area (Å²) in [6.45, 7) is 0. The molecule has 0 aliphatic heterocycles. The third-order valence-electron chi connectivity index (χ3n) is 2.77. The lowest BCUT2D eigenvalue weighted by Crippen LogP contribution is -3.00. The van der Waals surface area contributed by atoms with Gasteiger partial charge in [-0.1, -0.05) is 17.7 Å². The maximum Gasteiger partial charge on any atom is 0.601 e. The van der Waals surface area contributed by atoms with Crippen molar-refractivity contribution in [1.82, 2.24) is 0 Å². The van der Waals surface area contributed by atoms with Crippen LogP contribution in [-0.4, -0.2) is 0 Å². The highest BCUT2D eigenvalue weighted by molar-refractivity contribution is 7.39. The summed E-state index contributed by atoms with van der Waals surface area (Å²) in [6.07, 6.45) is 5.14. The zero-order valence-corrected chi connectivity index (χ0v) is 11.7. The maximum atomic E-state index is 13.2. The monoisotopic (exact) mass is 322 g/mol. The minimum atomic E-state index is -4.27. The van der Waals surface area contributed by atoms with E-state index in [0.29, 0.717) is 20.9 Å². The quantitative estimate of drug-likeness (QED) is 0.708. The van der Waals surface area contributed by atoms with E-state index in [9.17, 15) is 13.2 Å². The van der Waals surface area contributed by atoms with Gasteiger partial charge < -0.3 is 12.4 Å². The average Bonchev–Trinajstić information content (AvgIpc) is 2.51. The molecule has 0 radical (unpaired) electrons. The predicted octanol–water partition coefficient (Wildman–Crippen LogP) is 2.68. The first-order valence-electron chi connectivity index (χ1n) is 5.18. The number of hydrogen-bond donors (Lipinski definition) is 0. The molecule has 1 aromatic heterocycles. The summed E-state index contributed by atoms with van der Waals surface area (Å²) in [7, 11) is -1.89. The van der Waals surface area contributed by atoms with E-state index in [1.807, 2.05) is 0 Å². The Morgan fingerprint density at radius 1 is 1.11 bits per heavy atom. The van der Waals surface area contributed by atoms with Gasteiger partial charge in [0, 0.05) is 28.1 Å². The van der Waals surface area contributed by atoms with Crippen molar-refractivity contribution in [2.45, 2.75) is 5.51 Å². The zero-order chi connectivity index (χ0) is 12.9. The van der Waals surface area contributed by atoms with Gasteiger partial charge in [-0.2, -0.15) is 0 Å². The lowest BCUT2D eigenvalue weighted by atomic mass is 10.1. The van der Waals surface area contributed by atoms with E-state index < -0.39 is 16.0 Å². The summed E-state index contributed by atoms with van der Waals surface area (Å²) in [6, 6.07) is 6.28. The molecule has 2 aromatic rings. The number of fused-ring (bicyclic) bond motifs is 1. The van der Waals surface area contributed by atoms with E-state index in [4.69, 9.17) is 11.6 Å². The standard InChI is InChI=1S/C13H7ClF3S.ClH/c14-10-5-4-9-6-11(8-2-1-3-8)18(12(9)7-10)13(15,16)17;/h1-7H;1H/q+1;/p-1. The van der Waals surface area contributed by atoms with E-state index in [-0.39, 0.29) is 17.1 Å². The van der Waals surface area contributed by atoms with Crippen LogP contribution in [0.5, 0.6) is 0 Å². The molecule has 1 atom stereocenters. The number of benzene rings is 1. The largest absolute Gasteiger partial charge is 1.00 e. The molecule has 1 unspecified atom stereocenters. The molecule has 1 heterocycles. The smallest absolute Gasteiger partial charge is 0.601 e. The van der Waals surface area contributed by atoms with Crippen molar-refractivity contribution >= 4 is 37.7 Å². The van der Waals surface area contributed by atoms with Gasteiger partial charge in [0.05, 0.1) is 0 Å². The van der Waals surface area contributed by atoms with Crippen LogP contribution in [-0.2, 0) is 5.51 Å². The fourth-order valence-electron chi connectivity index (χ4n) is 1.93. The van der Waals surface area contributed by atoms with Crippen LogP contribution in [0.25, 0.3) is 15.7 Å². The first-order chi connectivity index (χ1) is 8.47. The van der Waals surface area contributed by atoms with E-state index in [0.717, 1.165) is 0 Å². The number of hydrogen-bond acceptors (Lipinski definition) is 0. The molecule has 0 spiro atoms. The van der Waals surface area contributed by atoms with Crippen molar-refractivity contribution in [3.05, 3.63) is 52.4 Å². The third-order valence-corrected chi connectivity index (χ3v) is 5.05. The summed E-state index contributed by atoms with van der Waals surface area (Å²) < 4.78 is 39.9. The Morgan fingerprint density at radius 3 is 2.32 bits per heavy atom. The molecule has 0 amide bonds. The lowest BCUT2D eigenvalue weighted by Gasteiger charge is -2.04. The van der Waals surface area contributed by atoms with Crippen LogP contribution in [0.2, 0.25) is 5.02 Å². The molecule has 3 rings (SSSR count). The summed E-state index contributed by atoms with van der Waals surface area (Å²) in [5, 5.41) is 0.944. The van der Waals surface area contributed by atoms with Crippen LogP contribution >= 0.6 is 22.1 Å². The fourth-order valence-corrected chi connectivity index (χ4v) is 4.13. The molecule has 0 nitrogen and oxygen atoms in total. The van der Waals surface area contributed by atoms with Crippen molar-refractivity contribution in [3.8, 4) is 0 Å². The van der Waals surface area contributed by atoms with Gasteiger partial charge in [0.1, 0.15) is 10.5 Å². The van der Waals surface area contributed by atoms with E-state index in [1.165, 1.54) is 6.07 Å². The van der Waals surface area contributed by atoms with Crippen molar-refractivity contribution in [1.29, 1.82) is 0 Å². The SMILES string of the molecule is FC(F)(F)[s+]1c(C2=CC=C2)cc2ccc(Cl)cc21.[Cl-]. The Kier molecular flexibility index (Phi) is 3.69. The maximum absolute atomic E-state index is 13.2. The molecule has 1 aliphatic carbocycles. The molecule has 19 heavy (non-hydrogen) atoms. The van der Waals surface area contributed by atoms with E-state index >= 15 is 0 Å². The molecular formula is C13H7Cl2F3S. The third kappa shape index (κ3) is 2.40. The van der Waals surface area contributed by atoms with Crippen molar-refractivity contribution in [3.63, 3.8) is 0 Å². The second-order valence-electron chi connectivity index (χ2n) is 3.92. The molecule has 0 N–H and O–H groups in total. The summed E-state index contributed by atoms with van der Waals surface area (Å²) in [4.78, 5) is 0.335. The molecule has 1 aromatic carbocycles. The number of rotatable bonds is 1. The van der Waals surface area contributed by atoms with Crippen molar-refractivity contribution < 1.29 is 25.6 Å². The van der Waals surface area contributed by atoms with Crippen LogP contribution in [0, 0.1) is 0 Å². The molecule has 0 bridgehead atoms. The van der Waals surface area contributed by atoms with Gasteiger partial charge in [0.2, 0.25) is 0 Å². The van der Waals surface area contributed by atoms with Crippen LogP contribution < -0.4 is 12.4 Å². The lowest BCUT2D eigenvalue weighted by molar-refractivity contribution is -0.0866. The average molecular weight is 323 g/mol. The molecule has 1 aliphatic rings. The van der Waals surface area contributed by atoms with Crippen molar-refractivity contribution in [2.75, 3.05) is 0 Å². The van der Waals surface area contributed by atoms with Gasteiger partial charge >= 0.3 is 5.51 Å². The van der Waals surface area contributed by atoms with Gasteiger partial charge in [-0.25, -0.2) is 0 Å². The Balaban J connectivity index is 0.00000133. The van der Waals surface area contributed by atoms with E-state index in [1.54, 1.807) is 36.4 Å². The zero-order valence-electron chi connectivity index (χ0n) is 9.34. The molecule has 100 valence electrons. The number of allylic oxidation sites excluding steroid dienone is 4. The fraction of sp³-hybridized carbons (Fsp3) is 0.0769. The molecule has 6 heteroatoms. The van der Waals surface area contributed by atoms with Gasteiger partial charge in [-0.15, -0.1) is 13.2 Å². The Hall–Kier alpha value is -0.970. The summed E-state index contributed by atoms with van der Waals surface area (Å²) in [5.74, 6) is 0. The highest BCUT2D eigenvalue weighted by Crippen LogP contribution is 2.54. The second kappa shape index (κ2) is 4.85. The van der Waals surface area contributed by atoms with Crippen LogP contribution in [0.1, 0.15) is 4.88 Å². The molecule has 0 saturated carbocycles. The second-order valence-corrected chi connectivity index (χ2v) is 6.32.